The minimum Gasteiger partial charge on any atom is -0.456 e. The van der Waals surface area contributed by atoms with Crippen LogP contribution < -0.4 is 0 Å². The molecule has 0 aliphatic heterocycles. The molecular formula is C118H64N10O3S. The molecule has 610 valence electrons. The second-order valence-electron chi connectivity index (χ2n) is 34.7. The summed E-state index contributed by atoms with van der Waals surface area (Å²) in [5.74, 6) is 2.90. The first kappa shape index (κ1) is 71.4. The van der Waals surface area contributed by atoms with E-state index < -0.39 is 0 Å². The van der Waals surface area contributed by atoms with Crippen molar-refractivity contribution in [2.75, 3.05) is 0 Å². The Hall–Kier alpha value is -17.7. The zero-order valence-corrected chi connectivity index (χ0v) is 70.9. The van der Waals surface area contributed by atoms with Crippen molar-refractivity contribution in [3.63, 3.8) is 0 Å². The van der Waals surface area contributed by atoms with Crippen molar-refractivity contribution in [3.8, 4) is 79.9 Å². The molecule has 30 rings (SSSR count). The third-order valence-electron chi connectivity index (χ3n) is 27.6. The lowest BCUT2D eigenvalue weighted by Crippen LogP contribution is -2.08. The number of hydrogen-bond donors (Lipinski definition) is 0. The highest BCUT2D eigenvalue weighted by atomic mass is 32.1. The van der Waals surface area contributed by atoms with Crippen LogP contribution in [0.2, 0.25) is 0 Å². The van der Waals surface area contributed by atoms with Crippen LogP contribution in [0.4, 0.5) is 0 Å². The van der Waals surface area contributed by atoms with Gasteiger partial charge in [-0.25, -0.2) is 9.97 Å². The Labute approximate surface area is 752 Å². The molecule has 0 saturated heterocycles. The molecule has 30 aromatic rings. The zero-order chi connectivity index (χ0) is 85.8. The van der Waals surface area contributed by atoms with E-state index in [0.717, 1.165) is 240 Å². The summed E-state index contributed by atoms with van der Waals surface area (Å²) in [6.07, 6.45) is 0. The highest BCUT2D eigenvalue weighted by Gasteiger charge is 2.32. The molecule has 0 fully saturated rings. The number of thiophene rings is 1. The average Bonchev–Trinajstić information content (AvgIpc) is 1.53. The molecule has 0 aliphatic rings. The van der Waals surface area contributed by atoms with Crippen molar-refractivity contribution in [3.05, 3.63) is 388 Å². The number of nitrogens with zero attached hydrogens (tertiary/aromatic N) is 10. The summed E-state index contributed by atoms with van der Waals surface area (Å²) in [6.45, 7) is 0. The third-order valence-corrected chi connectivity index (χ3v) is 28.7. The average molecular weight is 1700 g/mol. The van der Waals surface area contributed by atoms with Crippen molar-refractivity contribution < 1.29 is 13.3 Å². The first-order chi connectivity index (χ1) is 65.4. The molecule has 20 aromatic carbocycles. The Morgan fingerprint density at radius 1 is 0.182 bits per heavy atom. The van der Waals surface area contributed by atoms with Crippen LogP contribution in [0, 0.1) is 0 Å². The molecule has 0 unspecified atom stereocenters. The molecule has 0 radical (unpaired) electrons. The van der Waals surface area contributed by atoms with Crippen LogP contribution in [0.25, 0.3) is 296 Å². The quantitative estimate of drug-likeness (QED) is 0.138. The summed E-state index contributed by atoms with van der Waals surface area (Å²) in [7, 11) is 0. The number of benzene rings is 20. The van der Waals surface area contributed by atoms with E-state index in [2.05, 4.69) is 388 Å². The summed E-state index contributed by atoms with van der Waals surface area (Å²) in [6, 6.07) is 139. The van der Waals surface area contributed by atoms with Gasteiger partial charge in [-0.3, -0.25) is 9.13 Å². The largest absolute Gasteiger partial charge is 0.456 e. The molecule has 0 bridgehead atoms. The predicted molar refractivity (Wildman–Crippen MR) is 542 cm³/mol. The highest BCUT2D eigenvalue weighted by molar-refractivity contribution is 7.26. The topological polar surface area (TPSA) is 136 Å². The van der Waals surface area contributed by atoms with E-state index in [4.69, 9.17) is 43.2 Å². The lowest BCUT2D eigenvalue weighted by Gasteiger charge is -2.17. The standard InChI is InChI=1S/C118H64N10O3S/c1-4-27-69-60-96-87(57-66(69)24-1)78-34-12-15-39-90(78)125(96)112-86(53-56-101-110(112)89-59-68-26-3-6-29-71(68)63-103(89)131-101)116-119-113(121-117(123-116)127-91-40-16-9-31-75(91)76-32-10-17-41-92(76)127)83-37-21-44-99-107(83)81-51-48-73(64-102(81)130-99)72-47-50-79-77-33-11-18-42-93(77)128(95(79)62-72)118-122-114(84-38-22-46-105-108(84)82-36-14-20-45-104(82)132-105)120-115(124-118)85-52-55-100-109(80-35-13-19-43-98(80)129-100)111(85)126-94-54-49-65-23-7-8-30-74(65)106(94)88-58-67-25-2-5-28-70(67)61-97(88)126/h1-64H. The number of aromatic nitrogens is 10. The molecular weight excluding hydrogens is 1640 g/mol. The first-order valence-electron chi connectivity index (χ1n) is 44.4. The van der Waals surface area contributed by atoms with E-state index in [0.29, 0.717) is 46.4 Å². The molecule has 14 heteroatoms. The summed E-state index contributed by atoms with van der Waals surface area (Å²) < 4.78 is 32.9. The van der Waals surface area contributed by atoms with Gasteiger partial charge < -0.3 is 22.4 Å². The number of fused-ring (bicyclic) bond motifs is 29. The van der Waals surface area contributed by atoms with Gasteiger partial charge in [0.1, 0.15) is 33.5 Å². The third kappa shape index (κ3) is 10.2. The van der Waals surface area contributed by atoms with Crippen molar-refractivity contribution in [2.45, 2.75) is 0 Å². The molecule has 0 N–H and O–H groups in total. The van der Waals surface area contributed by atoms with E-state index >= 15 is 0 Å². The van der Waals surface area contributed by atoms with E-state index in [-0.39, 0.29) is 0 Å². The number of furan rings is 3. The van der Waals surface area contributed by atoms with Crippen molar-refractivity contribution >= 4 is 228 Å². The van der Waals surface area contributed by atoms with Gasteiger partial charge >= 0.3 is 0 Å². The Bertz CT molecular complexity index is 10300. The lowest BCUT2D eigenvalue weighted by molar-refractivity contribution is 0.668. The van der Waals surface area contributed by atoms with Gasteiger partial charge in [0.25, 0.3) is 0 Å². The van der Waals surface area contributed by atoms with Crippen LogP contribution >= 0.6 is 11.3 Å². The van der Waals surface area contributed by atoms with Gasteiger partial charge in [0.2, 0.25) is 11.9 Å². The van der Waals surface area contributed by atoms with Crippen LogP contribution in [0.15, 0.2) is 401 Å². The Balaban J connectivity index is 0.632. The SMILES string of the molecule is c1ccc2cc3c(cc2c1)oc1ccc(-c2nc(-c4cccc5oc6cc(-c7ccc8c9ccccc9n(-c9nc(-c%10ccc%11oc%12ccccc%12c%11c%10-n%10c%11cc%12ccccc%12cc%11c%11c%12ccccc%12ccc%11%10)nc(-c%10cccc%11sc%12ccccc%12c%10%11)n9)c8c7)ccc6c45)nc(-n4c5ccccc5c5ccccc54)n2)c(-n2c4ccccc4c4cc5ccccc5cc42)c13. The van der Waals surface area contributed by atoms with Crippen molar-refractivity contribution in [1.29, 1.82) is 0 Å². The fraction of sp³-hybridized carbons (Fsp3) is 0. The number of para-hydroxylation sites is 5. The molecule has 0 saturated carbocycles. The van der Waals surface area contributed by atoms with Crippen LogP contribution in [0.3, 0.4) is 0 Å². The minimum absolute atomic E-state index is 0.459. The Kier molecular flexibility index (Phi) is 14.6. The molecule has 13 nitrogen and oxygen atoms in total. The molecule has 0 aliphatic carbocycles. The Morgan fingerprint density at radius 3 is 1.20 bits per heavy atom. The molecule has 132 heavy (non-hydrogen) atoms. The summed E-state index contributed by atoms with van der Waals surface area (Å²) in [5.41, 5.74) is 19.4. The van der Waals surface area contributed by atoms with E-state index in [1.54, 1.807) is 11.3 Å². The fourth-order valence-electron chi connectivity index (χ4n) is 21.8. The first-order valence-corrected chi connectivity index (χ1v) is 45.2. The van der Waals surface area contributed by atoms with Gasteiger partial charge in [0, 0.05) is 107 Å². The van der Waals surface area contributed by atoms with Gasteiger partial charge in [0.15, 0.2) is 23.3 Å². The summed E-state index contributed by atoms with van der Waals surface area (Å²) in [4.78, 5) is 34.9. The van der Waals surface area contributed by atoms with Crippen LogP contribution in [0.5, 0.6) is 0 Å². The van der Waals surface area contributed by atoms with E-state index in [1.807, 2.05) is 18.2 Å². The second kappa shape index (κ2) is 26.9. The minimum atomic E-state index is 0.459. The maximum Gasteiger partial charge on any atom is 0.238 e. The number of rotatable bonds is 9. The maximum atomic E-state index is 7.23. The fourth-order valence-corrected chi connectivity index (χ4v) is 23.0. The molecule has 0 amide bonds. The molecule has 10 aromatic heterocycles. The smallest absolute Gasteiger partial charge is 0.238 e. The molecule has 10 heterocycles. The van der Waals surface area contributed by atoms with Gasteiger partial charge in [0.05, 0.1) is 66.3 Å². The van der Waals surface area contributed by atoms with Gasteiger partial charge in [-0.1, -0.05) is 255 Å². The monoisotopic (exact) mass is 1700 g/mol. The summed E-state index contributed by atoms with van der Waals surface area (Å²) >= 11 is 1.78. The van der Waals surface area contributed by atoms with Crippen LogP contribution in [0.1, 0.15) is 0 Å². The van der Waals surface area contributed by atoms with Gasteiger partial charge in [-0.2, -0.15) is 19.9 Å². The number of hydrogen-bond acceptors (Lipinski definition) is 10. The molecule has 0 atom stereocenters. The highest BCUT2D eigenvalue weighted by Crippen LogP contribution is 2.51. The van der Waals surface area contributed by atoms with E-state index in [1.165, 1.54) is 10.1 Å². The van der Waals surface area contributed by atoms with Crippen molar-refractivity contribution in [1.82, 2.24) is 48.2 Å². The van der Waals surface area contributed by atoms with Gasteiger partial charge in [-0.05, 0) is 188 Å². The zero-order valence-electron chi connectivity index (χ0n) is 70.1. The van der Waals surface area contributed by atoms with Gasteiger partial charge in [-0.15, -0.1) is 11.3 Å². The predicted octanol–water partition coefficient (Wildman–Crippen LogP) is 31.5. The van der Waals surface area contributed by atoms with Crippen LogP contribution in [-0.4, -0.2) is 48.2 Å². The summed E-state index contributed by atoms with van der Waals surface area (Å²) in [5, 5.41) is 25.7. The normalized spacial score (nSPS) is 12.4. The lowest BCUT2D eigenvalue weighted by atomic mass is 10.00. The molecule has 0 spiro atoms. The second-order valence-corrected chi connectivity index (χ2v) is 35.7. The maximum absolute atomic E-state index is 7.23. The van der Waals surface area contributed by atoms with Crippen LogP contribution in [-0.2, 0) is 0 Å². The van der Waals surface area contributed by atoms with Crippen molar-refractivity contribution in [2.24, 2.45) is 0 Å². The van der Waals surface area contributed by atoms with E-state index in [9.17, 15) is 0 Å². The Morgan fingerprint density at radius 2 is 0.576 bits per heavy atom.